The average molecular weight is 380 g/mol. The average Bonchev–Trinajstić information content (AvgIpc) is 2.85. The third kappa shape index (κ3) is 3.31. The van der Waals surface area contributed by atoms with E-state index in [0.29, 0.717) is 0 Å². The lowest BCUT2D eigenvalue weighted by Gasteiger charge is -2.32. The van der Waals surface area contributed by atoms with Crippen molar-refractivity contribution >= 4 is 37.6 Å². The molecular formula is C20H24B2NO3S. The number of hydrogen-bond acceptors (Lipinski definition) is 5. The van der Waals surface area contributed by atoms with Crippen LogP contribution in [0.25, 0.3) is 0 Å². The van der Waals surface area contributed by atoms with Crippen molar-refractivity contribution in [1.82, 2.24) is 0 Å². The summed E-state index contributed by atoms with van der Waals surface area (Å²) in [6, 6.07) is 12.7. The van der Waals surface area contributed by atoms with Crippen LogP contribution in [0.1, 0.15) is 38.8 Å². The molecule has 2 aromatic carbocycles. The Morgan fingerprint density at radius 2 is 1.78 bits per heavy atom. The van der Waals surface area contributed by atoms with Gasteiger partial charge in [-0.15, -0.1) is 0 Å². The lowest BCUT2D eigenvalue weighted by atomic mass is 9.77. The monoisotopic (exact) mass is 380 g/mol. The van der Waals surface area contributed by atoms with Crippen molar-refractivity contribution < 1.29 is 14.0 Å². The Hall–Kier alpha value is -1.40. The van der Waals surface area contributed by atoms with Crippen LogP contribution in [0.5, 0.6) is 0 Å². The number of nitrogens with one attached hydrogen (secondary N) is 1. The molecule has 0 saturated carbocycles. The number of anilines is 1. The summed E-state index contributed by atoms with van der Waals surface area (Å²) in [6.45, 7) is 8.35. The molecule has 4 rings (SSSR count). The second-order valence-corrected chi connectivity index (χ2v) is 9.03. The van der Waals surface area contributed by atoms with Gasteiger partial charge in [-0.1, -0.05) is 36.0 Å². The minimum atomic E-state index is -0.373. The molecular weight excluding hydrogens is 356 g/mol. The van der Waals surface area contributed by atoms with Crippen molar-refractivity contribution in [3.05, 3.63) is 47.5 Å². The fourth-order valence-electron chi connectivity index (χ4n) is 3.41. The maximum atomic E-state index is 6.34. The molecule has 4 nitrogen and oxygen atoms in total. The van der Waals surface area contributed by atoms with Gasteiger partial charge in [0.1, 0.15) is 0 Å². The summed E-state index contributed by atoms with van der Waals surface area (Å²) in [4.78, 5) is 2.50. The first-order valence-corrected chi connectivity index (χ1v) is 10.0. The smallest absolute Gasteiger partial charge is 0.422 e. The van der Waals surface area contributed by atoms with E-state index in [1.54, 1.807) is 26.5 Å². The first-order valence-electron chi connectivity index (χ1n) is 9.20. The summed E-state index contributed by atoms with van der Waals surface area (Å²) in [7, 11) is 2.87. The second kappa shape index (κ2) is 6.89. The normalized spacial score (nSPS) is 19.4. The summed E-state index contributed by atoms with van der Waals surface area (Å²) < 4.78 is 17.8. The third-order valence-corrected chi connectivity index (χ3v) is 6.99. The van der Waals surface area contributed by atoms with Crippen molar-refractivity contribution in [3.8, 4) is 0 Å². The lowest BCUT2D eigenvalue weighted by molar-refractivity contribution is 0.00578. The molecule has 2 aliphatic rings. The quantitative estimate of drug-likeness (QED) is 0.700. The van der Waals surface area contributed by atoms with Crippen LogP contribution in [0.2, 0.25) is 0 Å². The molecule has 2 aliphatic heterocycles. The molecule has 0 aromatic heterocycles. The summed E-state index contributed by atoms with van der Waals surface area (Å²) in [5.41, 5.74) is 4.01. The van der Waals surface area contributed by atoms with E-state index >= 15 is 0 Å². The Kier molecular flexibility index (Phi) is 4.83. The lowest BCUT2D eigenvalue weighted by Crippen LogP contribution is -2.41. The molecule has 139 valence electrons. The van der Waals surface area contributed by atoms with Gasteiger partial charge in [0.05, 0.1) is 11.2 Å². The van der Waals surface area contributed by atoms with Gasteiger partial charge in [-0.05, 0) is 56.4 Å². The van der Waals surface area contributed by atoms with E-state index in [4.69, 9.17) is 14.0 Å². The summed E-state index contributed by atoms with van der Waals surface area (Å²) in [5.74, 6) is 0. The van der Waals surface area contributed by atoms with E-state index in [9.17, 15) is 0 Å². The molecule has 27 heavy (non-hydrogen) atoms. The topological polar surface area (TPSA) is 39.7 Å². The zero-order valence-corrected chi connectivity index (χ0v) is 17.3. The van der Waals surface area contributed by atoms with Crippen molar-refractivity contribution in [2.75, 3.05) is 12.3 Å². The van der Waals surface area contributed by atoms with Crippen molar-refractivity contribution in [1.29, 1.82) is 0 Å². The van der Waals surface area contributed by atoms with Gasteiger partial charge >= 0.3 is 14.7 Å². The van der Waals surface area contributed by atoms with Crippen LogP contribution < -0.4 is 10.7 Å². The molecule has 7 heteroatoms. The molecule has 0 unspecified atom stereocenters. The molecule has 0 amide bonds. The van der Waals surface area contributed by atoms with Crippen LogP contribution >= 0.6 is 11.8 Å². The van der Waals surface area contributed by atoms with E-state index < -0.39 is 0 Å². The predicted octanol–water partition coefficient (Wildman–Crippen LogP) is 3.63. The molecule has 2 heterocycles. The van der Waals surface area contributed by atoms with E-state index in [1.165, 1.54) is 20.9 Å². The van der Waals surface area contributed by atoms with Crippen LogP contribution in [0.4, 0.5) is 5.69 Å². The third-order valence-electron chi connectivity index (χ3n) is 5.68. The zero-order valence-electron chi connectivity index (χ0n) is 16.5. The van der Waals surface area contributed by atoms with Crippen molar-refractivity contribution in [2.24, 2.45) is 0 Å². The Balaban J connectivity index is 1.77. The molecule has 1 radical (unpaired) electrons. The maximum absolute atomic E-state index is 6.34. The van der Waals surface area contributed by atoms with E-state index in [-0.39, 0.29) is 18.3 Å². The van der Waals surface area contributed by atoms with Crippen LogP contribution in [-0.2, 0) is 20.4 Å². The minimum Gasteiger partial charge on any atom is -0.422 e. The van der Waals surface area contributed by atoms with E-state index in [0.717, 1.165) is 17.6 Å². The SMILES string of the molecule is CO[B]Nc1ccc(B2OC(C)(C)C(C)(C)O2)c2c1Cc1ccccc1S2. The molecule has 0 atom stereocenters. The number of benzene rings is 2. The number of fused-ring (bicyclic) bond motifs is 2. The minimum absolute atomic E-state index is 0.359. The maximum Gasteiger partial charge on any atom is 0.496 e. The highest BCUT2D eigenvalue weighted by Gasteiger charge is 2.52. The van der Waals surface area contributed by atoms with Crippen LogP contribution in [-0.4, -0.2) is 33.0 Å². The van der Waals surface area contributed by atoms with Gasteiger partial charge in [-0.25, -0.2) is 0 Å². The van der Waals surface area contributed by atoms with Gasteiger partial charge in [0.25, 0.3) is 0 Å². The highest BCUT2D eigenvalue weighted by atomic mass is 32.2. The molecule has 2 aromatic rings. The van der Waals surface area contributed by atoms with Gasteiger partial charge in [0, 0.05) is 29.0 Å². The Labute approximate surface area is 166 Å². The Morgan fingerprint density at radius 3 is 2.48 bits per heavy atom. The van der Waals surface area contributed by atoms with Crippen LogP contribution in [0, 0.1) is 0 Å². The van der Waals surface area contributed by atoms with E-state index in [1.807, 2.05) is 0 Å². The standard InChI is InChI=1S/C20H24B2NO3S/c1-19(2)20(3,4)26-22(25-19)15-10-11-16(23-21-24-5)14-12-13-8-6-7-9-17(13)27-18(14)15/h6-11,23H,12H2,1-5H3. The summed E-state index contributed by atoms with van der Waals surface area (Å²) in [6.07, 6.45) is 0.867. The van der Waals surface area contributed by atoms with Crippen LogP contribution in [0.3, 0.4) is 0 Å². The molecule has 0 bridgehead atoms. The van der Waals surface area contributed by atoms with Crippen molar-refractivity contribution in [2.45, 2.75) is 55.1 Å². The molecule has 1 N–H and O–H groups in total. The summed E-state index contributed by atoms with van der Waals surface area (Å²) in [5, 5.41) is 3.26. The largest absolute Gasteiger partial charge is 0.496 e. The molecule has 1 fully saturated rings. The first-order chi connectivity index (χ1) is 12.8. The van der Waals surface area contributed by atoms with Gasteiger partial charge in [-0.3, -0.25) is 0 Å². The highest BCUT2D eigenvalue weighted by Crippen LogP contribution is 2.43. The Bertz CT molecular complexity index is 856. The van der Waals surface area contributed by atoms with Gasteiger partial charge in [-0.2, -0.15) is 0 Å². The van der Waals surface area contributed by atoms with Gasteiger partial charge in [0.2, 0.25) is 0 Å². The molecule has 1 saturated heterocycles. The second-order valence-electron chi connectivity index (χ2n) is 7.98. The number of hydrogen-bond donors (Lipinski definition) is 1. The van der Waals surface area contributed by atoms with Gasteiger partial charge < -0.3 is 19.2 Å². The molecule has 0 spiro atoms. The molecule has 0 aliphatic carbocycles. The number of rotatable bonds is 4. The fraction of sp³-hybridized carbons (Fsp3) is 0.400. The fourth-order valence-corrected chi connectivity index (χ4v) is 4.63. The van der Waals surface area contributed by atoms with E-state index in [2.05, 4.69) is 69.3 Å². The Morgan fingerprint density at radius 1 is 1.07 bits per heavy atom. The predicted molar refractivity (Wildman–Crippen MR) is 112 cm³/mol. The van der Waals surface area contributed by atoms with Crippen molar-refractivity contribution in [3.63, 3.8) is 0 Å². The highest BCUT2D eigenvalue weighted by molar-refractivity contribution is 7.99. The zero-order chi connectivity index (χ0) is 19.2. The first kappa shape index (κ1) is 18.9. The van der Waals surface area contributed by atoms with Gasteiger partial charge in [0.15, 0.2) is 0 Å². The summed E-state index contributed by atoms with van der Waals surface area (Å²) >= 11 is 1.79. The van der Waals surface area contributed by atoms with Crippen LogP contribution in [0.15, 0.2) is 46.2 Å².